The van der Waals surface area contributed by atoms with Crippen LogP contribution in [0.3, 0.4) is 0 Å². The molecule has 0 amide bonds. The van der Waals surface area contributed by atoms with E-state index in [1.807, 2.05) is 25.2 Å². The summed E-state index contributed by atoms with van der Waals surface area (Å²) in [5, 5.41) is 4.15. The van der Waals surface area contributed by atoms with Gasteiger partial charge in [0.2, 0.25) is 0 Å². The SMILES string of the molecule is Cn1nccc1-c1nc2cc3c(cc2[nH]1)OCCO3. The number of hydrogen-bond acceptors (Lipinski definition) is 4. The van der Waals surface area contributed by atoms with Crippen molar-refractivity contribution in [3.8, 4) is 23.0 Å². The number of H-pyrrole nitrogens is 1. The van der Waals surface area contributed by atoms with E-state index in [-0.39, 0.29) is 0 Å². The van der Waals surface area contributed by atoms with Crippen LogP contribution >= 0.6 is 0 Å². The maximum atomic E-state index is 5.56. The van der Waals surface area contributed by atoms with Gasteiger partial charge in [-0.25, -0.2) is 4.98 Å². The molecule has 4 rings (SSSR count). The zero-order valence-corrected chi connectivity index (χ0v) is 10.4. The number of ether oxygens (including phenoxy) is 2. The normalized spacial score (nSPS) is 13.9. The molecule has 3 heterocycles. The fraction of sp³-hybridized carbons (Fsp3) is 0.231. The summed E-state index contributed by atoms with van der Waals surface area (Å²) < 4.78 is 12.9. The van der Waals surface area contributed by atoms with Gasteiger partial charge in [-0.15, -0.1) is 0 Å². The molecule has 1 aliphatic heterocycles. The van der Waals surface area contributed by atoms with Crippen molar-refractivity contribution in [2.24, 2.45) is 7.05 Å². The number of rotatable bonds is 1. The van der Waals surface area contributed by atoms with Crippen LogP contribution in [0.15, 0.2) is 24.4 Å². The van der Waals surface area contributed by atoms with Crippen LogP contribution in [0.25, 0.3) is 22.6 Å². The summed E-state index contributed by atoms with van der Waals surface area (Å²) >= 11 is 0. The minimum atomic E-state index is 0.581. The molecular formula is C13H12N4O2. The van der Waals surface area contributed by atoms with Gasteiger partial charge in [0.1, 0.15) is 18.9 Å². The Hall–Kier alpha value is -2.50. The summed E-state index contributed by atoms with van der Waals surface area (Å²) in [6, 6.07) is 5.75. The molecule has 0 fully saturated rings. The Kier molecular flexibility index (Phi) is 2.05. The van der Waals surface area contributed by atoms with Crippen molar-refractivity contribution in [3.63, 3.8) is 0 Å². The molecule has 0 spiro atoms. The van der Waals surface area contributed by atoms with Crippen molar-refractivity contribution in [1.82, 2.24) is 19.7 Å². The maximum Gasteiger partial charge on any atom is 0.163 e. The van der Waals surface area contributed by atoms with Gasteiger partial charge in [-0.05, 0) is 6.07 Å². The molecule has 6 heteroatoms. The first kappa shape index (κ1) is 10.4. The highest BCUT2D eigenvalue weighted by Gasteiger charge is 2.16. The molecule has 1 aliphatic rings. The van der Waals surface area contributed by atoms with Gasteiger partial charge in [-0.1, -0.05) is 0 Å². The Morgan fingerprint density at radius 1 is 1.21 bits per heavy atom. The summed E-state index contributed by atoms with van der Waals surface area (Å²) in [5.74, 6) is 2.30. The monoisotopic (exact) mass is 256 g/mol. The third kappa shape index (κ3) is 1.56. The predicted octanol–water partition coefficient (Wildman–Crippen LogP) is 1.73. The first-order valence-electron chi connectivity index (χ1n) is 6.09. The lowest BCUT2D eigenvalue weighted by Crippen LogP contribution is -2.15. The Labute approximate surface area is 109 Å². The van der Waals surface area contributed by atoms with Crippen molar-refractivity contribution >= 4 is 11.0 Å². The minimum Gasteiger partial charge on any atom is -0.486 e. The first-order chi connectivity index (χ1) is 9.31. The molecular weight excluding hydrogens is 244 g/mol. The van der Waals surface area contributed by atoms with Crippen molar-refractivity contribution in [2.45, 2.75) is 0 Å². The molecule has 0 radical (unpaired) electrons. The fourth-order valence-electron chi connectivity index (χ4n) is 2.27. The number of fused-ring (bicyclic) bond motifs is 2. The van der Waals surface area contributed by atoms with E-state index in [2.05, 4.69) is 15.1 Å². The van der Waals surface area contributed by atoms with E-state index in [4.69, 9.17) is 9.47 Å². The Morgan fingerprint density at radius 3 is 2.74 bits per heavy atom. The van der Waals surface area contributed by atoms with Gasteiger partial charge >= 0.3 is 0 Å². The zero-order chi connectivity index (χ0) is 12.8. The van der Waals surface area contributed by atoms with Crippen LogP contribution in [0.1, 0.15) is 0 Å². The van der Waals surface area contributed by atoms with Gasteiger partial charge in [0.25, 0.3) is 0 Å². The van der Waals surface area contributed by atoms with Gasteiger partial charge in [0, 0.05) is 25.4 Å². The van der Waals surface area contributed by atoms with Crippen molar-refractivity contribution in [3.05, 3.63) is 24.4 Å². The number of imidazole rings is 1. The molecule has 0 saturated heterocycles. The maximum absolute atomic E-state index is 5.56. The Balaban J connectivity index is 1.90. The molecule has 6 nitrogen and oxygen atoms in total. The van der Waals surface area contributed by atoms with E-state index in [1.165, 1.54) is 0 Å². The number of nitrogens with zero attached hydrogens (tertiary/aromatic N) is 3. The molecule has 1 aromatic carbocycles. The molecule has 0 saturated carbocycles. The van der Waals surface area contributed by atoms with Crippen molar-refractivity contribution in [1.29, 1.82) is 0 Å². The summed E-state index contributed by atoms with van der Waals surface area (Å²) in [4.78, 5) is 7.85. The second-order valence-corrected chi connectivity index (χ2v) is 4.44. The van der Waals surface area contributed by atoms with E-state index >= 15 is 0 Å². The molecule has 96 valence electrons. The molecule has 19 heavy (non-hydrogen) atoms. The van der Waals surface area contributed by atoms with Gasteiger partial charge in [0.05, 0.1) is 11.0 Å². The molecule has 0 bridgehead atoms. The van der Waals surface area contributed by atoms with Crippen LogP contribution in [-0.4, -0.2) is 33.0 Å². The van der Waals surface area contributed by atoms with Crippen molar-refractivity contribution < 1.29 is 9.47 Å². The lowest BCUT2D eigenvalue weighted by molar-refractivity contribution is 0.172. The quantitative estimate of drug-likeness (QED) is 0.720. The van der Waals surface area contributed by atoms with E-state index in [9.17, 15) is 0 Å². The highest BCUT2D eigenvalue weighted by Crippen LogP contribution is 2.34. The van der Waals surface area contributed by atoms with E-state index < -0.39 is 0 Å². The lowest BCUT2D eigenvalue weighted by Gasteiger charge is -2.17. The van der Waals surface area contributed by atoms with E-state index in [0.717, 1.165) is 34.1 Å². The third-order valence-electron chi connectivity index (χ3n) is 3.21. The molecule has 0 unspecified atom stereocenters. The summed E-state index contributed by atoms with van der Waals surface area (Å²) in [6.07, 6.45) is 1.75. The highest BCUT2D eigenvalue weighted by molar-refractivity contribution is 5.82. The second-order valence-electron chi connectivity index (χ2n) is 4.44. The van der Waals surface area contributed by atoms with E-state index in [0.29, 0.717) is 13.2 Å². The van der Waals surface area contributed by atoms with Gasteiger partial charge in [-0.3, -0.25) is 4.68 Å². The zero-order valence-electron chi connectivity index (χ0n) is 10.4. The van der Waals surface area contributed by atoms with Crippen LogP contribution in [-0.2, 0) is 7.05 Å². The predicted molar refractivity (Wildman–Crippen MR) is 69.3 cm³/mol. The second kappa shape index (κ2) is 3.74. The van der Waals surface area contributed by atoms with Crippen LogP contribution in [0.5, 0.6) is 11.5 Å². The summed E-state index contributed by atoms with van der Waals surface area (Å²) in [5.41, 5.74) is 2.73. The Bertz CT molecular complexity index is 716. The largest absolute Gasteiger partial charge is 0.486 e. The van der Waals surface area contributed by atoms with Crippen LogP contribution in [0.2, 0.25) is 0 Å². The molecule has 2 aromatic heterocycles. The molecule has 0 atom stereocenters. The highest BCUT2D eigenvalue weighted by atomic mass is 16.6. The number of nitrogens with one attached hydrogen (secondary N) is 1. The van der Waals surface area contributed by atoms with Crippen LogP contribution in [0, 0.1) is 0 Å². The lowest BCUT2D eigenvalue weighted by atomic mass is 10.2. The summed E-state index contributed by atoms with van der Waals surface area (Å²) in [7, 11) is 1.89. The Morgan fingerprint density at radius 2 is 2.00 bits per heavy atom. The molecule has 3 aromatic rings. The van der Waals surface area contributed by atoms with E-state index in [1.54, 1.807) is 10.9 Å². The number of aromatic nitrogens is 4. The van der Waals surface area contributed by atoms with Gasteiger partial charge in [-0.2, -0.15) is 5.10 Å². The van der Waals surface area contributed by atoms with Crippen LogP contribution in [0.4, 0.5) is 0 Å². The molecule has 1 N–H and O–H groups in total. The van der Waals surface area contributed by atoms with Crippen molar-refractivity contribution in [2.75, 3.05) is 13.2 Å². The molecule has 0 aliphatic carbocycles. The fourth-order valence-corrected chi connectivity index (χ4v) is 2.27. The van der Waals surface area contributed by atoms with Crippen LogP contribution < -0.4 is 9.47 Å². The topological polar surface area (TPSA) is 65.0 Å². The van der Waals surface area contributed by atoms with Gasteiger partial charge in [0.15, 0.2) is 17.3 Å². The number of aryl methyl sites for hydroxylation is 1. The summed E-state index contributed by atoms with van der Waals surface area (Å²) in [6.45, 7) is 1.17. The average molecular weight is 256 g/mol. The number of benzene rings is 1. The average Bonchev–Trinajstić information content (AvgIpc) is 3.01. The third-order valence-corrected chi connectivity index (χ3v) is 3.21. The first-order valence-corrected chi connectivity index (χ1v) is 6.09. The standard InChI is InChI=1S/C13H12N4O2/c1-17-10(2-3-14-17)13-15-8-6-11-12(7-9(8)16-13)19-5-4-18-11/h2-3,6-7H,4-5H2,1H3,(H,15,16). The van der Waals surface area contributed by atoms with Gasteiger partial charge < -0.3 is 14.5 Å². The number of hydrogen-bond donors (Lipinski definition) is 1. The minimum absolute atomic E-state index is 0.581. The smallest absolute Gasteiger partial charge is 0.163 e. The number of aromatic amines is 1.